The molecule has 1 fully saturated rings. The number of carbonyl (C=O) groups is 1. The predicted octanol–water partition coefficient (Wildman–Crippen LogP) is 4.00. The van der Waals surface area contributed by atoms with Gasteiger partial charge in [-0.05, 0) is 49.6 Å². The second kappa shape index (κ2) is 10.3. The van der Waals surface area contributed by atoms with Crippen LogP contribution in [-0.4, -0.2) is 43.4 Å². The summed E-state index contributed by atoms with van der Waals surface area (Å²) in [5, 5.41) is 12.0. The van der Waals surface area contributed by atoms with Crippen molar-refractivity contribution >= 4 is 11.7 Å². The maximum Gasteiger partial charge on any atom is 0.225 e. The number of carbonyl (C=O) groups excluding carboxylic acids is 1. The number of rotatable bonds is 7. The first-order valence-electron chi connectivity index (χ1n) is 11.2. The molecule has 1 aliphatic heterocycles. The number of hydrogen-bond acceptors (Lipinski definition) is 6. The van der Waals surface area contributed by atoms with Gasteiger partial charge in [0.2, 0.25) is 5.91 Å². The molecule has 4 rings (SSSR count). The Morgan fingerprint density at radius 1 is 1.09 bits per heavy atom. The van der Waals surface area contributed by atoms with Gasteiger partial charge < -0.3 is 19.7 Å². The van der Waals surface area contributed by atoms with Gasteiger partial charge in [0.15, 0.2) is 5.82 Å². The summed E-state index contributed by atoms with van der Waals surface area (Å²) in [5.41, 5.74) is 4.03. The van der Waals surface area contributed by atoms with Gasteiger partial charge in [0.1, 0.15) is 11.5 Å². The van der Waals surface area contributed by atoms with Crippen molar-refractivity contribution in [2.45, 2.75) is 26.3 Å². The minimum absolute atomic E-state index is 0.0436. The van der Waals surface area contributed by atoms with Gasteiger partial charge in [-0.25, -0.2) is 0 Å². The highest BCUT2D eigenvalue weighted by atomic mass is 16.5. The number of hydrogen-bond donors (Lipinski definition) is 1. The summed E-state index contributed by atoms with van der Waals surface area (Å²) >= 11 is 0. The summed E-state index contributed by atoms with van der Waals surface area (Å²) in [4.78, 5) is 15.1. The van der Waals surface area contributed by atoms with Gasteiger partial charge >= 0.3 is 0 Å². The second-order valence-electron chi connectivity index (χ2n) is 8.27. The van der Waals surface area contributed by atoms with E-state index in [9.17, 15) is 4.79 Å². The van der Waals surface area contributed by atoms with Crippen molar-refractivity contribution in [2.24, 2.45) is 5.92 Å². The molecular weight excluding hydrogens is 416 g/mol. The molecule has 172 valence electrons. The number of nitrogens with one attached hydrogen (secondary N) is 1. The van der Waals surface area contributed by atoms with Crippen molar-refractivity contribution in [3.8, 4) is 22.8 Å². The first kappa shape index (κ1) is 22.6. The molecule has 0 aliphatic carbocycles. The molecule has 1 aromatic heterocycles. The molecule has 33 heavy (non-hydrogen) atoms. The van der Waals surface area contributed by atoms with E-state index in [0.29, 0.717) is 18.8 Å². The number of ether oxygens (including phenoxy) is 2. The fraction of sp³-hybridized carbons (Fsp3) is 0.346. The number of amides is 1. The molecule has 0 radical (unpaired) electrons. The first-order valence-corrected chi connectivity index (χ1v) is 11.2. The highest BCUT2D eigenvalue weighted by Gasteiger charge is 2.27. The van der Waals surface area contributed by atoms with Gasteiger partial charge in [-0.15, -0.1) is 10.2 Å². The Bertz CT molecular complexity index is 1100. The summed E-state index contributed by atoms with van der Waals surface area (Å²) in [6, 6.07) is 17.8. The molecule has 3 aromatic rings. The number of benzene rings is 2. The van der Waals surface area contributed by atoms with E-state index in [0.717, 1.165) is 47.8 Å². The van der Waals surface area contributed by atoms with Gasteiger partial charge in [0.05, 0.1) is 25.8 Å². The first-order chi connectivity index (χ1) is 16.1. The average molecular weight is 447 g/mol. The van der Waals surface area contributed by atoms with Crippen LogP contribution >= 0.6 is 0 Å². The maximum atomic E-state index is 12.9. The van der Waals surface area contributed by atoms with Crippen LogP contribution in [0.3, 0.4) is 0 Å². The molecule has 0 spiro atoms. The van der Waals surface area contributed by atoms with Crippen molar-refractivity contribution in [3.05, 3.63) is 65.7 Å². The topological polar surface area (TPSA) is 76.6 Å². The van der Waals surface area contributed by atoms with Crippen LogP contribution in [0, 0.1) is 12.8 Å². The monoisotopic (exact) mass is 446 g/mol. The van der Waals surface area contributed by atoms with Gasteiger partial charge in [0.25, 0.3) is 0 Å². The lowest BCUT2D eigenvalue weighted by atomic mass is 9.97. The summed E-state index contributed by atoms with van der Waals surface area (Å²) < 4.78 is 10.7. The van der Waals surface area contributed by atoms with Crippen LogP contribution in [0.15, 0.2) is 54.6 Å². The van der Waals surface area contributed by atoms with E-state index in [1.54, 1.807) is 14.2 Å². The Labute approximate surface area is 194 Å². The quantitative estimate of drug-likeness (QED) is 0.591. The summed E-state index contributed by atoms with van der Waals surface area (Å²) in [6.07, 6.45) is 1.79. The van der Waals surface area contributed by atoms with Crippen molar-refractivity contribution in [1.29, 1.82) is 0 Å². The highest BCUT2D eigenvalue weighted by Crippen LogP contribution is 2.26. The molecule has 1 unspecified atom stereocenters. The lowest BCUT2D eigenvalue weighted by Crippen LogP contribution is -2.43. The minimum atomic E-state index is -0.0964. The molecular formula is C26H30N4O3. The Morgan fingerprint density at radius 3 is 2.67 bits per heavy atom. The van der Waals surface area contributed by atoms with E-state index in [-0.39, 0.29) is 11.8 Å². The molecule has 1 amide bonds. The molecule has 1 saturated heterocycles. The smallest absolute Gasteiger partial charge is 0.225 e. The van der Waals surface area contributed by atoms with Gasteiger partial charge in [0, 0.05) is 36.8 Å². The fourth-order valence-electron chi connectivity index (χ4n) is 4.22. The van der Waals surface area contributed by atoms with Crippen LogP contribution in [-0.2, 0) is 11.3 Å². The molecule has 1 N–H and O–H groups in total. The van der Waals surface area contributed by atoms with E-state index in [2.05, 4.69) is 39.5 Å². The van der Waals surface area contributed by atoms with Crippen molar-refractivity contribution in [1.82, 2.24) is 15.5 Å². The number of nitrogens with zero attached hydrogens (tertiary/aromatic N) is 3. The van der Waals surface area contributed by atoms with Crippen LogP contribution in [0.2, 0.25) is 0 Å². The third-order valence-corrected chi connectivity index (χ3v) is 6.13. The molecule has 1 atom stereocenters. The van der Waals surface area contributed by atoms with Gasteiger partial charge in [-0.2, -0.15) is 0 Å². The third-order valence-electron chi connectivity index (χ3n) is 6.13. The SMILES string of the molecule is COc1ccc(CNC(=O)C2CCCN(c3ccc(-c4ccccc4C)nn3)C2)c(OC)c1. The summed E-state index contributed by atoms with van der Waals surface area (Å²) in [5.74, 6) is 2.17. The molecule has 0 bridgehead atoms. The fourth-order valence-corrected chi connectivity index (χ4v) is 4.22. The lowest BCUT2D eigenvalue weighted by Gasteiger charge is -2.32. The van der Waals surface area contributed by atoms with Crippen molar-refractivity contribution in [2.75, 3.05) is 32.2 Å². The molecule has 0 saturated carbocycles. The molecule has 7 nitrogen and oxygen atoms in total. The largest absolute Gasteiger partial charge is 0.497 e. The van der Waals surface area contributed by atoms with Crippen LogP contribution in [0.1, 0.15) is 24.0 Å². The zero-order valence-electron chi connectivity index (χ0n) is 19.4. The van der Waals surface area contributed by atoms with E-state index in [1.165, 1.54) is 5.56 Å². The van der Waals surface area contributed by atoms with Crippen LogP contribution in [0.5, 0.6) is 11.5 Å². The highest BCUT2D eigenvalue weighted by molar-refractivity contribution is 5.79. The summed E-state index contributed by atoms with van der Waals surface area (Å²) in [7, 11) is 3.23. The Morgan fingerprint density at radius 2 is 1.94 bits per heavy atom. The molecule has 1 aliphatic rings. The number of aromatic nitrogens is 2. The third kappa shape index (κ3) is 5.25. The minimum Gasteiger partial charge on any atom is -0.497 e. The van der Waals surface area contributed by atoms with Crippen molar-refractivity contribution < 1.29 is 14.3 Å². The van der Waals surface area contributed by atoms with Crippen LogP contribution < -0.4 is 19.7 Å². The normalized spacial score (nSPS) is 15.7. The van der Waals surface area contributed by atoms with E-state index >= 15 is 0 Å². The zero-order chi connectivity index (χ0) is 23.2. The van der Waals surface area contributed by atoms with E-state index < -0.39 is 0 Å². The number of piperidine rings is 1. The average Bonchev–Trinajstić information content (AvgIpc) is 2.87. The number of aryl methyl sites for hydroxylation is 1. The Hall–Kier alpha value is -3.61. The number of anilines is 1. The Kier molecular flexibility index (Phi) is 7.07. The van der Waals surface area contributed by atoms with Crippen LogP contribution in [0.4, 0.5) is 5.82 Å². The van der Waals surface area contributed by atoms with E-state index in [4.69, 9.17) is 9.47 Å². The predicted molar refractivity (Wildman–Crippen MR) is 129 cm³/mol. The van der Waals surface area contributed by atoms with E-state index in [1.807, 2.05) is 42.5 Å². The van der Waals surface area contributed by atoms with Crippen LogP contribution in [0.25, 0.3) is 11.3 Å². The van der Waals surface area contributed by atoms with Gasteiger partial charge in [-0.1, -0.05) is 24.3 Å². The molecule has 2 aromatic carbocycles. The molecule has 7 heteroatoms. The van der Waals surface area contributed by atoms with Crippen molar-refractivity contribution in [3.63, 3.8) is 0 Å². The lowest BCUT2D eigenvalue weighted by molar-refractivity contribution is -0.125. The van der Waals surface area contributed by atoms with Gasteiger partial charge in [-0.3, -0.25) is 4.79 Å². The Balaban J connectivity index is 1.38. The summed E-state index contributed by atoms with van der Waals surface area (Å²) in [6.45, 7) is 3.98. The second-order valence-corrected chi connectivity index (χ2v) is 8.27. The zero-order valence-corrected chi connectivity index (χ0v) is 19.4. The maximum absolute atomic E-state index is 12.9. The standard InChI is InChI=1S/C26H30N4O3/c1-18-7-4-5-9-22(18)23-12-13-25(29-28-23)30-14-6-8-20(17-30)26(31)27-16-19-10-11-21(32-2)15-24(19)33-3/h4-5,7,9-13,15,20H,6,8,14,16-17H2,1-3H3,(H,27,31). The molecule has 2 heterocycles. The number of methoxy groups -OCH3 is 2.